The lowest BCUT2D eigenvalue weighted by atomic mass is 10.1. The highest BCUT2D eigenvalue weighted by Crippen LogP contribution is 2.28. The first-order valence-electron chi connectivity index (χ1n) is 6.03. The van der Waals surface area contributed by atoms with Gasteiger partial charge in [-0.25, -0.2) is 4.39 Å². The van der Waals surface area contributed by atoms with Gasteiger partial charge in [0.1, 0.15) is 12.4 Å². The van der Waals surface area contributed by atoms with Gasteiger partial charge >= 0.3 is 5.97 Å². The predicted molar refractivity (Wildman–Crippen MR) is 71.5 cm³/mol. The van der Waals surface area contributed by atoms with Crippen molar-refractivity contribution in [3.8, 4) is 11.1 Å². The number of methoxy groups -OCH3 is 1. The number of aromatic amines is 1. The van der Waals surface area contributed by atoms with Crippen LogP contribution in [-0.2, 0) is 16.1 Å². The summed E-state index contributed by atoms with van der Waals surface area (Å²) in [5.41, 5.74) is 2.49. The fourth-order valence-corrected chi connectivity index (χ4v) is 2.12. The van der Waals surface area contributed by atoms with E-state index in [0.29, 0.717) is 0 Å². The van der Waals surface area contributed by atoms with Crippen molar-refractivity contribution in [2.45, 2.75) is 6.54 Å². The zero-order valence-electron chi connectivity index (χ0n) is 10.8. The Morgan fingerprint density at radius 2 is 2.35 bits per heavy atom. The number of esters is 1. The van der Waals surface area contributed by atoms with Gasteiger partial charge in [0.05, 0.1) is 13.3 Å². The molecule has 0 amide bonds. The smallest absolute Gasteiger partial charge is 0.327 e. The van der Waals surface area contributed by atoms with Gasteiger partial charge in [-0.2, -0.15) is 5.10 Å². The SMILES string of the molecule is COC(=O)Cn1cc(-c2c[nH]c3cc(F)ccc23)cn1. The number of nitrogens with one attached hydrogen (secondary N) is 1. The highest BCUT2D eigenvalue weighted by Gasteiger charge is 2.10. The molecule has 0 aliphatic carbocycles. The van der Waals surface area contributed by atoms with Gasteiger partial charge in [-0.05, 0) is 18.2 Å². The average Bonchev–Trinajstić information content (AvgIpc) is 3.04. The average molecular weight is 273 g/mol. The van der Waals surface area contributed by atoms with E-state index < -0.39 is 0 Å². The van der Waals surface area contributed by atoms with E-state index in [4.69, 9.17) is 0 Å². The molecule has 102 valence electrons. The summed E-state index contributed by atoms with van der Waals surface area (Å²) in [7, 11) is 1.33. The van der Waals surface area contributed by atoms with Gasteiger partial charge in [0.25, 0.3) is 0 Å². The molecule has 2 heterocycles. The number of benzene rings is 1. The second-order valence-electron chi connectivity index (χ2n) is 4.39. The van der Waals surface area contributed by atoms with E-state index in [1.807, 2.05) is 0 Å². The molecular weight excluding hydrogens is 261 g/mol. The maximum absolute atomic E-state index is 13.1. The number of carbonyl (C=O) groups is 1. The third-order valence-electron chi connectivity index (χ3n) is 3.11. The molecule has 0 atom stereocenters. The third-order valence-corrected chi connectivity index (χ3v) is 3.11. The number of aromatic nitrogens is 3. The van der Waals surface area contributed by atoms with Crippen LogP contribution in [0.4, 0.5) is 4.39 Å². The fraction of sp³-hybridized carbons (Fsp3) is 0.143. The topological polar surface area (TPSA) is 59.9 Å². The van der Waals surface area contributed by atoms with Crippen LogP contribution in [0.15, 0.2) is 36.8 Å². The Bertz CT molecular complexity index is 776. The summed E-state index contributed by atoms with van der Waals surface area (Å²) in [5, 5.41) is 5.02. The van der Waals surface area contributed by atoms with Crippen molar-refractivity contribution in [1.82, 2.24) is 14.8 Å². The van der Waals surface area contributed by atoms with Crippen molar-refractivity contribution in [3.63, 3.8) is 0 Å². The Morgan fingerprint density at radius 3 is 3.15 bits per heavy atom. The monoisotopic (exact) mass is 273 g/mol. The molecule has 20 heavy (non-hydrogen) atoms. The second-order valence-corrected chi connectivity index (χ2v) is 4.39. The van der Waals surface area contributed by atoms with Crippen molar-refractivity contribution in [1.29, 1.82) is 0 Å². The van der Waals surface area contributed by atoms with Crippen LogP contribution in [0.3, 0.4) is 0 Å². The van der Waals surface area contributed by atoms with Crippen molar-refractivity contribution < 1.29 is 13.9 Å². The molecule has 1 aromatic carbocycles. The van der Waals surface area contributed by atoms with Crippen molar-refractivity contribution in [2.75, 3.05) is 7.11 Å². The fourth-order valence-electron chi connectivity index (χ4n) is 2.12. The van der Waals surface area contributed by atoms with Crippen molar-refractivity contribution in [3.05, 3.63) is 42.6 Å². The molecule has 0 unspecified atom stereocenters. The van der Waals surface area contributed by atoms with Crippen LogP contribution in [-0.4, -0.2) is 27.8 Å². The highest BCUT2D eigenvalue weighted by molar-refractivity contribution is 5.95. The Balaban J connectivity index is 1.97. The van der Waals surface area contributed by atoms with Crippen LogP contribution in [0.2, 0.25) is 0 Å². The number of ether oxygens (including phenoxy) is 1. The van der Waals surface area contributed by atoms with E-state index in [1.54, 1.807) is 24.7 Å². The number of rotatable bonds is 3. The summed E-state index contributed by atoms with van der Waals surface area (Å²) >= 11 is 0. The molecular formula is C14H12FN3O2. The maximum atomic E-state index is 13.1. The quantitative estimate of drug-likeness (QED) is 0.745. The van der Waals surface area contributed by atoms with Crippen LogP contribution in [0, 0.1) is 5.82 Å². The molecule has 0 fully saturated rings. The molecule has 0 aliphatic heterocycles. The van der Waals surface area contributed by atoms with E-state index in [2.05, 4.69) is 14.8 Å². The van der Waals surface area contributed by atoms with Gasteiger partial charge in [-0.1, -0.05) is 0 Å². The molecule has 0 saturated carbocycles. The van der Waals surface area contributed by atoms with Crippen molar-refractivity contribution in [2.24, 2.45) is 0 Å². The Kier molecular flexibility index (Phi) is 2.98. The summed E-state index contributed by atoms with van der Waals surface area (Å²) in [4.78, 5) is 14.2. The van der Waals surface area contributed by atoms with Crippen LogP contribution in [0.25, 0.3) is 22.0 Å². The lowest BCUT2D eigenvalue weighted by Crippen LogP contribution is -2.11. The largest absolute Gasteiger partial charge is 0.468 e. The number of fused-ring (bicyclic) bond motifs is 1. The van der Waals surface area contributed by atoms with Gasteiger partial charge in [0, 0.05) is 34.4 Å². The first-order chi connectivity index (χ1) is 9.67. The standard InChI is InChI=1S/C14H12FN3O2/c1-20-14(19)8-18-7-9(5-17-18)12-6-16-13-4-10(15)2-3-11(12)13/h2-7,16H,8H2,1H3. The number of nitrogens with zero attached hydrogens (tertiary/aromatic N) is 2. The number of hydrogen-bond acceptors (Lipinski definition) is 3. The minimum absolute atomic E-state index is 0.0630. The molecule has 0 aliphatic rings. The molecule has 3 aromatic rings. The number of carbonyl (C=O) groups excluding carboxylic acids is 1. The Hall–Kier alpha value is -2.63. The summed E-state index contributed by atoms with van der Waals surface area (Å²) in [6.07, 6.45) is 5.21. The number of H-pyrrole nitrogens is 1. The zero-order chi connectivity index (χ0) is 14.1. The van der Waals surface area contributed by atoms with E-state index in [1.165, 1.54) is 23.9 Å². The molecule has 1 N–H and O–H groups in total. The second kappa shape index (κ2) is 4.80. The number of halogens is 1. The van der Waals surface area contributed by atoms with Crippen LogP contribution in [0.1, 0.15) is 0 Å². The van der Waals surface area contributed by atoms with E-state index >= 15 is 0 Å². The molecule has 0 saturated heterocycles. The molecule has 0 spiro atoms. The van der Waals surface area contributed by atoms with Crippen molar-refractivity contribution >= 4 is 16.9 Å². The summed E-state index contributed by atoms with van der Waals surface area (Å²) in [6, 6.07) is 4.57. The molecule has 3 rings (SSSR count). The zero-order valence-corrected chi connectivity index (χ0v) is 10.8. The molecule has 2 aromatic heterocycles. The minimum Gasteiger partial charge on any atom is -0.468 e. The van der Waals surface area contributed by atoms with E-state index in [9.17, 15) is 9.18 Å². The third kappa shape index (κ3) is 2.16. The van der Waals surface area contributed by atoms with Gasteiger partial charge in [0.15, 0.2) is 0 Å². The lowest BCUT2D eigenvalue weighted by Gasteiger charge is -1.98. The Labute approximate surface area is 114 Å². The normalized spacial score (nSPS) is 10.9. The van der Waals surface area contributed by atoms with Gasteiger partial charge < -0.3 is 9.72 Å². The summed E-state index contributed by atoms with van der Waals surface area (Å²) < 4.78 is 19.2. The molecule has 0 radical (unpaired) electrons. The van der Waals surface area contributed by atoms with E-state index in [-0.39, 0.29) is 18.3 Å². The maximum Gasteiger partial charge on any atom is 0.327 e. The van der Waals surface area contributed by atoms with Crippen LogP contribution >= 0.6 is 0 Å². The Morgan fingerprint density at radius 1 is 1.50 bits per heavy atom. The highest BCUT2D eigenvalue weighted by atomic mass is 19.1. The summed E-state index contributed by atoms with van der Waals surface area (Å²) in [5.74, 6) is -0.645. The first kappa shape index (κ1) is 12.4. The van der Waals surface area contributed by atoms with Crippen LogP contribution < -0.4 is 0 Å². The van der Waals surface area contributed by atoms with Gasteiger partial charge in [0.2, 0.25) is 0 Å². The molecule has 0 bridgehead atoms. The van der Waals surface area contributed by atoms with Gasteiger partial charge in [-0.15, -0.1) is 0 Å². The molecule has 5 nitrogen and oxygen atoms in total. The van der Waals surface area contributed by atoms with Crippen LogP contribution in [0.5, 0.6) is 0 Å². The number of hydrogen-bond donors (Lipinski definition) is 1. The predicted octanol–water partition coefficient (Wildman–Crippen LogP) is 2.34. The van der Waals surface area contributed by atoms with E-state index in [0.717, 1.165) is 22.0 Å². The molecule has 6 heteroatoms. The first-order valence-corrected chi connectivity index (χ1v) is 6.03. The lowest BCUT2D eigenvalue weighted by molar-refractivity contribution is -0.141. The minimum atomic E-state index is -0.361. The van der Waals surface area contributed by atoms with Gasteiger partial charge in [-0.3, -0.25) is 9.48 Å². The summed E-state index contributed by atoms with van der Waals surface area (Å²) in [6.45, 7) is 0.0630.